The molecule has 0 aliphatic rings. The predicted molar refractivity (Wildman–Crippen MR) is 104 cm³/mol. The largest absolute Gasteiger partial charge is 0.508 e. The van der Waals surface area contributed by atoms with Crippen LogP contribution in [-0.4, -0.2) is 28.1 Å². The van der Waals surface area contributed by atoms with Crippen LogP contribution in [0, 0.1) is 6.92 Å². The number of aromatic hydroxyl groups is 1. The molecular formula is C21H21ClN2O3. The average Bonchev–Trinajstić information content (AvgIpc) is 3.05. The summed E-state index contributed by atoms with van der Waals surface area (Å²) >= 11 is 6.39. The molecule has 1 unspecified atom stereocenters. The van der Waals surface area contributed by atoms with Crippen molar-refractivity contribution < 1.29 is 14.4 Å². The Kier molecular flexibility index (Phi) is 5.81. The van der Waals surface area contributed by atoms with E-state index in [9.17, 15) is 9.90 Å². The monoisotopic (exact) mass is 384 g/mol. The minimum absolute atomic E-state index is 0.0580. The van der Waals surface area contributed by atoms with Crippen LogP contribution in [0.2, 0.25) is 5.02 Å². The van der Waals surface area contributed by atoms with Gasteiger partial charge in [-0.05, 0) is 36.2 Å². The molecule has 140 valence electrons. The molecule has 0 aliphatic heterocycles. The Bertz CT molecular complexity index is 938. The molecule has 3 aromatic rings. The molecule has 0 saturated carbocycles. The van der Waals surface area contributed by atoms with Crippen molar-refractivity contribution in [2.45, 2.75) is 25.8 Å². The van der Waals surface area contributed by atoms with Crippen LogP contribution >= 0.6 is 11.6 Å². The molecule has 0 spiro atoms. The third kappa shape index (κ3) is 4.68. The predicted octanol–water partition coefficient (Wildman–Crippen LogP) is 4.52. The molecule has 1 atom stereocenters. The summed E-state index contributed by atoms with van der Waals surface area (Å²) in [7, 11) is 1.73. The van der Waals surface area contributed by atoms with E-state index in [2.05, 4.69) is 5.16 Å². The maximum atomic E-state index is 12.9. The van der Waals surface area contributed by atoms with E-state index in [0.717, 1.165) is 16.8 Å². The number of carbonyl (C=O) groups is 1. The smallest absolute Gasteiger partial charge is 0.223 e. The Morgan fingerprint density at radius 3 is 2.67 bits per heavy atom. The SMILES string of the molecule is Cc1cc(CN(C)C(=O)CC(c2cccc(O)c2)c2ccccc2Cl)on1. The molecule has 0 bridgehead atoms. The number of carbonyl (C=O) groups excluding carboxylic acids is 1. The molecule has 0 aliphatic carbocycles. The highest BCUT2D eigenvalue weighted by molar-refractivity contribution is 6.31. The Balaban J connectivity index is 1.85. The molecule has 0 radical (unpaired) electrons. The Labute approximate surface area is 163 Å². The lowest BCUT2D eigenvalue weighted by molar-refractivity contribution is -0.130. The number of benzene rings is 2. The second-order valence-corrected chi connectivity index (χ2v) is 6.96. The zero-order valence-electron chi connectivity index (χ0n) is 15.2. The van der Waals surface area contributed by atoms with Gasteiger partial charge in [0.05, 0.1) is 12.2 Å². The zero-order valence-corrected chi connectivity index (χ0v) is 16.0. The van der Waals surface area contributed by atoms with E-state index >= 15 is 0 Å². The van der Waals surface area contributed by atoms with E-state index in [1.807, 2.05) is 37.3 Å². The first-order chi connectivity index (χ1) is 12.9. The number of amides is 1. The van der Waals surface area contributed by atoms with Gasteiger partial charge in [0, 0.05) is 30.5 Å². The lowest BCUT2D eigenvalue weighted by atomic mass is 9.88. The quantitative estimate of drug-likeness (QED) is 0.678. The summed E-state index contributed by atoms with van der Waals surface area (Å²) < 4.78 is 5.20. The van der Waals surface area contributed by atoms with E-state index in [-0.39, 0.29) is 24.0 Å². The van der Waals surface area contributed by atoms with Crippen LogP contribution in [0.15, 0.2) is 59.1 Å². The molecule has 1 aromatic heterocycles. The number of phenolic OH excluding ortho intramolecular Hbond substituents is 1. The first-order valence-corrected chi connectivity index (χ1v) is 9.01. The van der Waals surface area contributed by atoms with Gasteiger partial charge in [-0.3, -0.25) is 4.79 Å². The molecule has 5 nitrogen and oxygen atoms in total. The third-order valence-electron chi connectivity index (χ3n) is 4.43. The average molecular weight is 385 g/mol. The van der Waals surface area contributed by atoms with Crippen molar-refractivity contribution in [2.75, 3.05) is 7.05 Å². The van der Waals surface area contributed by atoms with Crippen molar-refractivity contribution in [3.8, 4) is 5.75 Å². The number of hydrogen-bond acceptors (Lipinski definition) is 4. The van der Waals surface area contributed by atoms with Crippen molar-refractivity contribution in [2.24, 2.45) is 0 Å². The van der Waals surface area contributed by atoms with Gasteiger partial charge in [-0.15, -0.1) is 0 Å². The molecule has 0 saturated heterocycles. The fourth-order valence-electron chi connectivity index (χ4n) is 3.05. The highest BCUT2D eigenvalue weighted by Crippen LogP contribution is 2.34. The molecule has 1 N–H and O–H groups in total. The minimum Gasteiger partial charge on any atom is -0.508 e. The summed E-state index contributed by atoms with van der Waals surface area (Å²) in [5.74, 6) is 0.465. The highest BCUT2D eigenvalue weighted by Gasteiger charge is 2.23. The van der Waals surface area contributed by atoms with Gasteiger partial charge in [0.1, 0.15) is 5.75 Å². The van der Waals surface area contributed by atoms with Crippen molar-refractivity contribution in [3.63, 3.8) is 0 Å². The minimum atomic E-state index is -0.266. The van der Waals surface area contributed by atoms with Gasteiger partial charge >= 0.3 is 0 Å². The van der Waals surface area contributed by atoms with Crippen molar-refractivity contribution >= 4 is 17.5 Å². The fourth-order valence-corrected chi connectivity index (χ4v) is 3.32. The van der Waals surface area contributed by atoms with Crippen LogP contribution in [-0.2, 0) is 11.3 Å². The lowest BCUT2D eigenvalue weighted by Gasteiger charge is -2.22. The van der Waals surface area contributed by atoms with E-state index in [1.165, 1.54) is 0 Å². The molecule has 3 rings (SSSR count). The molecular weight excluding hydrogens is 364 g/mol. The van der Waals surface area contributed by atoms with Gasteiger partial charge in [-0.2, -0.15) is 0 Å². The lowest BCUT2D eigenvalue weighted by Crippen LogP contribution is -2.27. The summed E-state index contributed by atoms with van der Waals surface area (Å²) in [6.45, 7) is 2.18. The molecule has 1 amide bonds. The number of rotatable bonds is 6. The molecule has 1 heterocycles. The first-order valence-electron chi connectivity index (χ1n) is 8.63. The Morgan fingerprint density at radius 2 is 2.00 bits per heavy atom. The summed E-state index contributed by atoms with van der Waals surface area (Å²) in [4.78, 5) is 14.5. The summed E-state index contributed by atoms with van der Waals surface area (Å²) in [6.07, 6.45) is 0.219. The fraction of sp³-hybridized carbons (Fsp3) is 0.238. The van der Waals surface area contributed by atoms with Crippen LogP contribution in [0.3, 0.4) is 0 Å². The number of nitrogens with zero attached hydrogens (tertiary/aromatic N) is 2. The van der Waals surface area contributed by atoms with E-state index in [4.69, 9.17) is 16.1 Å². The Hall–Kier alpha value is -2.79. The summed E-state index contributed by atoms with van der Waals surface area (Å²) in [5, 5.41) is 14.3. The highest BCUT2D eigenvalue weighted by atomic mass is 35.5. The van der Waals surface area contributed by atoms with Crippen molar-refractivity contribution in [1.29, 1.82) is 0 Å². The summed E-state index contributed by atoms with van der Waals surface area (Å²) in [6, 6.07) is 16.2. The maximum absolute atomic E-state index is 12.9. The van der Waals surface area contributed by atoms with Gasteiger partial charge in [-0.25, -0.2) is 0 Å². The normalized spacial score (nSPS) is 12.0. The standard InChI is InChI=1S/C21H21ClN2O3/c1-14-10-17(27-23-14)13-24(2)21(26)12-19(15-6-5-7-16(25)11-15)18-8-3-4-9-20(18)22/h3-11,19,25H,12-13H2,1-2H3. The molecule has 6 heteroatoms. The number of aryl methyl sites for hydroxylation is 1. The van der Waals surface area contributed by atoms with Crippen LogP contribution in [0.25, 0.3) is 0 Å². The van der Waals surface area contributed by atoms with Crippen LogP contribution in [0.5, 0.6) is 5.75 Å². The van der Waals surface area contributed by atoms with Crippen LogP contribution in [0.1, 0.15) is 34.9 Å². The van der Waals surface area contributed by atoms with E-state index in [1.54, 1.807) is 36.2 Å². The number of halogens is 1. The van der Waals surface area contributed by atoms with E-state index in [0.29, 0.717) is 17.3 Å². The number of aromatic nitrogens is 1. The van der Waals surface area contributed by atoms with Gasteiger partial charge in [0.25, 0.3) is 0 Å². The van der Waals surface area contributed by atoms with Crippen LogP contribution < -0.4 is 0 Å². The Morgan fingerprint density at radius 1 is 1.22 bits per heavy atom. The molecule has 27 heavy (non-hydrogen) atoms. The molecule has 2 aromatic carbocycles. The second kappa shape index (κ2) is 8.27. The zero-order chi connectivity index (χ0) is 19.4. The maximum Gasteiger partial charge on any atom is 0.223 e. The van der Waals surface area contributed by atoms with Crippen LogP contribution in [0.4, 0.5) is 0 Å². The number of phenols is 1. The van der Waals surface area contributed by atoms with Crippen molar-refractivity contribution in [3.05, 3.63) is 82.2 Å². The third-order valence-corrected chi connectivity index (χ3v) is 4.77. The van der Waals surface area contributed by atoms with Gasteiger partial charge in [-0.1, -0.05) is 47.1 Å². The summed E-state index contributed by atoms with van der Waals surface area (Å²) in [5.41, 5.74) is 2.46. The number of hydrogen-bond donors (Lipinski definition) is 1. The van der Waals surface area contributed by atoms with Gasteiger partial charge in [0.2, 0.25) is 5.91 Å². The topological polar surface area (TPSA) is 66.6 Å². The van der Waals surface area contributed by atoms with Gasteiger partial charge in [0.15, 0.2) is 5.76 Å². The van der Waals surface area contributed by atoms with Gasteiger partial charge < -0.3 is 14.5 Å². The first kappa shape index (κ1) is 19.0. The molecule has 0 fully saturated rings. The van der Waals surface area contributed by atoms with E-state index < -0.39 is 0 Å². The second-order valence-electron chi connectivity index (χ2n) is 6.56. The van der Waals surface area contributed by atoms with Crippen molar-refractivity contribution in [1.82, 2.24) is 10.1 Å².